The van der Waals surface area contributed by atoms with Crippen molar-refractivity contribution in [2.24, 2.45) is 5.92 Å². The SMILES string of the molecule is CCC(C)C(F)(COC)C(F)(F)F. The number of methoxy groups -OCH3 is 1. The zero-order valence-electron chi connectivity index (χ0n) is 7.91. The number of alkyl halides is 4. The molecule has 13 heavy (non-hydrogen) atoms. The molecule has 0 amide bonds. The maximum absolute atomic E-state index is 13.4. The third-order valence-corrected chi connectivity index (χ3v) is 2.22. The Hall–Kier alpha value is -0.320. The summed E-state index contributed by atoms with van der Waals surface area (Å²) in [6, 6.07) is 0. The standard InChI is InChI=1S/C8H14F4O/c1-4-6(2)7(9,5-13-3)8(10,11)12/h6H,4-5H2,1-3H3. The topological polar surface area (TPSA) is 9.23 Å². The van der Waals surface area contributed by atoms with Crippen molar-refractivity contribution in [3.63, 3.8) is 0 Å². The quantitative estimate of drug-likeness (QED) is 0.637. The van der Waals surface area contributed by atoms with Gasteiger partial charge in [0.25, 0.3) is 0 Å². The van der Waals surface area contributed by atoms with E-state index in [0.29, 0.717) is 0 Å². The molecule has 0 aromatic rings. The van der Waals surface area contributed by atoms with Gasteiger partial charge in [0.15, 0.2) is 0 Å². The Morgan fingerprint density at radius 1 is 1.23 bits per heavy atom. The molecule has 0 aliphatic rings. The first kappa shape index (κ1) is 12.7. The van der Waals surface area contributed by atoms with Gasteiger partial charge in [0.05, 0.1) is 6.61 Å². The minimum atomic E-state index is -4.86. The molecule has 0 aliphatic heterocycles. The van der Waals surface area contributed by atoms with Crippen LogP contribution in [0.25, 0.3) is 0 Å². The van der Waals surface area contributed by atoms with Crippen molar-refractivity contribution in [2.45, 2.75) is 32.1 Å². The van der Waals surface area contributed by atoms with E-state index in [1.807, 2.05) is 0 Å². The molecule has 2 atom stereocenters. The number of rotatable bonds is 4. The molecule has 0 saturated carbocycles. The minimum absolute atomic E-state index is 0.124. The number of hydrogen-bond donors (Lipinski definition) is 0. The molecule has 5 heteroatoms. The second-order valence-electron chi connectivity index (χ2n) is 3.10. The summed E-state index contributed by atoms with van der Waals surface area (Å²) in [7, 11) is 1.06. The largest absolute Gasteiger partial charge is 0.425 e. The van der Waals surface area contributed by atoms with Crippen LogP contribution in [-0.4, -0.2) is 25.6 Å². The highest BCUT2D eigenvalue weighted by Gasteiger charge is 2.58. The minimum Gasteiger partial charge on any atom is -0.381 e. The lowest BCUT2D eigenvalue weighted by Crippen LogP contribution is -2.49. The van der Waals surface area contributed by atoms with Crippen LogP contribution in [0.1, 0.15) is 20.3 Å². The lowest BCUT2D eigenvalue weighted by Gasteiger charge is -2.32. The maximum Gasteiger partial charge on any atom is 0.425 e. The molecular formula is C8H14F4O. The molecular weight excluding hydrogens is 188 g/mol. The van der Waals surface area contributed by atoms with Crippen LogP contribution in [0.4, 0.5) is 17.6 Å². The number of hydrogen-bond acceptors (Lipinski definition) is 1. The van der Waals surface area contributed by atoms with Gasteiger partial charge in [-0.2, -0.15) is 13.2 Å². The van der Waals surface area contributed by atoms with Crippen molar-refractivity contribution in [2.75, 3.05) is 13.7 Å². The molecule has 80 valence electrons. The van der Waals surface area contributed by atoms with E-state index in [0.717, 1.165) is 7.11 Å². The van der Waals surface area contributed by atoms with E-state index in [9.17, 15) is 17.6 Å². The van der Waals surface area contributed by atoms with Crippen molar-refractivity contribution in [3.8, 4) is 0 Å². The van der Waals surface area contributed by atoms with E-state index in [1.165, 1.54) is 13.8 Å². The molecule has 0 saturated heterocycles. The molecule has 0 aliphatic carbocycles. The van der Waals surface area contributed by atoms with Crippen LogP contribution < -0.4 is 0 Å². The summed E-state index contributed by atoms with van der Waals surface area (Å²) >= 11 is 0. The van der Waals surface area contributed by atoms with Gasteiger partial charge < -0.3 is 4.74 Å². The van der Waals surface area contributed by atoms with Crippen molar-refractivity contribution >= 4 is 0 Å². The highest BCUT2D eigenvalue weighted by atomic mass is 19.4. The fourth-order valence-electron chi connectivity index (χ4n) is 1.04. The van der Waals surface area contributed by atoms with Crippen LogP contribution in [0.3, 0.4) is 0 Å². The summed E-state index contributed by atoms with van der Waals surface area (Å²) < 4.78 is 54.5. The average Bonchev–Trinajstić information content (AvgIpc) is 2.01. The summed E-state index contributed by atoms with van der Waals surface area (Å²) in [5, 5.41) is 0. The molecule has 0 rings (SSSR count). The first-order chi connectivity index (χ1) is 5.79. The number of halogens is 4. The first-order valence-electron chi connectivity index (χ1n) is 4.04. The molecule has 1 nitrogen and oxygen atoms in total. The van der Waals surface area contributed by atoms with Gasteiger partial charge in [-0.05, 0) is 0 Å². The maximum atomic E-state index is 13.4. The normalized spacial score (nSPS) is 19.6. The Morgan fingerprint density at radius 3 is 1.92 bits per heavy atom. The predicted octanol–water partition coefficient (Wildman–Crippen LogP) is 2.95. The monoisotopic (exact) mass is 202 g/mol. The van der Waals surface area contributed by atoms with Crippen LogP contribution in [-0.2, 0) is 4.74 Å². The van der Waals surface area contributed by atoms with Gasteiger partial charge in [-0.1, -0.05) is 20.3 Å². The zero-order valence-corrected chi connectivity index (χ0v) is 7.91. The molecule has 0 N–H and O–H groups in total. The molecule has 0 heterocycles. The first-order valence-corrected chi connectivity index (χ1v) is 4.04. The fourth-order valence-corrected chi connectivity index (χ4v) is 1.04. The third kappa shape index (κ3) is 2.56. The highest BCUT2D eigenvalue weighted by molar-refractivity contribution is 4.91. The van der Waals surface area contributed by atoms with Crippen molar-refractivity contribution in [1.29, 1.82) is 0 Å². The van der Waals surface area contributed by atoms with Gasteiger partial charge in [-0.25, -0.2) is 4.39 Å². The average molecular weight is 202 g/mol. The Kier molecular flexibility index (Phi) is 4.16. The van der Waals surface area contributed by atoms with Crippen LogP contribution in [0.2, 0.25) is 0 Å². The molecule has 2 unspecified atom stereocenters. The fraction of sp³-hybridized carbons (Fsp3) is 1.00. The van der Waals surface area contributed by atoms with Gasteiger partial charge >= 0.3 is 6.18 Å². The smallest absolute Gasteiger partial charge is 0.381 e. The van der Waals surface area contributed by atoms with Crippen LogP contribution in [0, 0.1) is 5.92 Å². The van der Waals surface area contributed by atoms with Crippen molar-refractivity contribution in [3.05, 3.63) is 0 Å². The Morgan fingerprint density at radius 2 is 1.69 bits per heavy atom. The van der Waals surface area contributed by atoms with E-state index in [2.05, 4.69) is 4.74 Å². The molecule has 0 spiro atoms. The summed E-state index contributed by atoms with van der Waals surface area (Å²) in [6.07, 6.45) is -4.74. The Balaban J connectivity index is 4.72. The van der Waals surface area contributed by atoms with Crippen LogP contribution in [0.15, 0.2) is 0 Å². The molecule has 0 bridgehead atoms. The van der Waals surface area contributed by atoms with Crippen LogP contribution in [0.5, 0.6) is 0 Å². The zero-order chi connectivity index (χ0) is 10.7. The second kappa shape index (κ2) is 4.26. The molecule has 0 aromatic heterocycles. The predicted molar refractivity (Wildman–Crippen MR) is 41.2 cm³/mol. The van der Waals surface area contributed by atoms with E-state index in [1.54, 1.807) is 0 Å². The molecule has 0 aromatic carbocycles. The highest BCUT2D eigenvalue weighted by Crippen LogP contribution is 2.41. The van der Waals surface area contributed by atoms with Crippen molar-refractivity contribution in [1.82, 2.24) is 0 Å². The lowest BCUT2D eigenvalue weighted by atomic mass is 9.88. The Labute approximate surface area is 75.1 Å². The Bertz CT molecular complexity index is 157. The summed E-state index contributed by atoms with van der Waals surface area (Å²) in [4.78, 5) is 0. The van der Waals surface area contributed by atoms with E-state index in [-0.39, 0.29) is 6.42 Å². The van der Waals surface area contributed by atoms with E-state index >= 15 is 0 Å². The van der Waals surface area contributed by atoms with Gasteiger partial charge in [-0.3, -0.25) is 0 Å². The van der Waals surface area contributed by atoms with E-state index < -0.39 is 24.4 Å². The molecule has 0 fully saturated rings. The van der Waals surface area contributed by atoms with Gasteiger partial charge in [-0.15, -0.1) is 0 Å². The second-order valence-corrected chi connectivity index (χ2v) is 3.10. The lowest BCUT2D eigenvalue weighted by molar-refractivity contribution is -0.260. The van der Waals surface area contributed by atoms with Crippen molar-refractivity contribution < 1.29 is 22.3 Å². The van der Waals surface area contributed by atoms with Gasteiger partial charge in [0, 0.05) is 13.0 Å². The van der Waals surface area contributed by atoms with Gasteiger partial charge in [0.1, 0.15) is 0 Å². The van der Waals surface area contributed by atoms with Crippen LogP contribution >= 0.6 is 0 Å². The third-order valence-electron chi connectivity index (χ3n) is 2.22. The van der Waals surface area contributed by atoms with Gasteiger partial charge in [0.2, 0.25) is 5.67 Å². The summed E-state index contributed by atoms with van der Waals surface area (Å²) in [5.74, 6) is -1.09. The summed E-state index contributed by atoms with van der Waals surface area (Å²) in [6.45, 7) is 1.80. The molecule has 0 radical (unpaired) electrons. The number of ether oxygens (including phenoxy) is 1. The van der Waals surface area contributed by atoms with E-state index in [4.69, 9.17) is 0 Å². The summed E-state index contributed by atoms with van der Waals surface area (Å²) in [5.41, 5.74) is -3.23.